The standard InChI is InChI=1S/C21H29N7O3/c1-14(2)26-20(30)27-7-4-21(5-8-27)19-22-6-9-28(19)13-17(31-21)18(29)25-12-16-11-23-15(3)10-24-16/h6,9-11,14,17H,4-5,7-8,12-13H2,1-3H3,(H,25,29)(H,26,30)/t17-/m1/s1. The number of nitrogens with one attached hydrogen (secondary N) is 2. The average Bonchev–Trinajstić information content (AvgIpc) is 3.23. The van der Waals surface area contributed by atoms with Crippen molar-refractivity contribution in [3.8, 4) is 0 Å². The summed E-state index contributed by atoms with van der Waals surface area (Å²) >= 11 is 0. The van der Waals surface area contributed by atoms with Crippen LogP contribution in [0.15, 0.2) is 24.8 Å². The molecule has 0 saturated carbocycles. The fourth-order valence-electron chi connectivity index (χ4n) is 4.09. The molecule has 0 radical (unpaired) electrons. The SMILES string of the molecule is Cc1cnc(CNC(=O)[C@H]2Cn3ccnc3C3(CCN(C(=O)NC(C)C)CC3)O2)cn1. The summed E-state index contributed by atoms with van der Waals surface area (Å²) in [5, 5.41) is 5.84. The van der Waals surface area contributed by atoms with Gasteiger partial charge in [0.25, 0.3) is 5.91 Å². The topological polar surface area (TPSA) is 114 Å². The van der Waals surface area contributed by atoms with E-state index < -0.39 is 11.7 Å². The predicted molar refractivity (Wildman–Crippen MR) is 112 cm³/mol. The number of amides is 3. The molecule has 1 spiro atoms. The molecule has 10 nitrogen and oxygen atoms in total. The van der Waals surface area contributed by atoms with E-state index in [9.17, 15) is 9.59 Å². The summed E-state index contributed by atoms with van der Waals surface area (Å²) in [4.78, 5) is 40.1. The number of likely N-dealkylation sites (tertiary alicyclic amines) is 1. The molecule has 2 aromatic rings. The average molecular weight is 428 g/mol. The lowest BCUT2D eigenvalue weighted by Gasteiger charge is -2.45. The van der Waals surface area contributed by atoms with Crippen LogP contribution in [0.5, 0.6) is 0 Å². The lowest BCUT2D eigenvalue weighted by atomic mass is 9.88. The van der Waals surface area contributed by atoms with Crippen molar-refractivity contribution in [1.82, 2.24) is 35.1 Å². The molecule has 2 aliphatic rings. The zero-order valence-corrected chi connectivity index (χ0v) is 18.2. The van der Waals surface area contributed by atoms with E-state index in [-0.39, 0.29) is 18.0 Å². The number of rotatable bonds is 4. The second kappa shape index (κ2) is 8.62. The summed E-state index contributed by atoms with van der Waals surface area (Å²) < 4.78 is 8.38. The number of carbonyl (C=O) groups is 2. The van der Waals surface area contributed by atoms with Crippen LogP contribution in [0.3, 0.4) is 0 Å². The zero-order valence-electron chi connectivity index (χ0n) is 18.2. The second-order valence-electron chi connectivity index (χ2n) is 8.46. The van der Waals surface area contributed by atoms with Crippen molar-refractivity contribution < 1.29 is 14.3 Å². The summed E-state index contributed by atoms with van der Waals surface area (Å²) in [7, 11) is 0. The van der Waals surface area contributed by atoms with Crippen LogP contribution in [0.2, 0.25) is 0 Å². The van der Waals surface area contributed by atoms with Crippen LogP contribution in [0.25, 0.3) is 0 Å². The molecule has 1 saturated heterocycles. The number of nitrogens with zero attached hydrogens (tertiary/aromatic N) is 5. The van der Waals surface area contributed by atoms with Crippen molar-refractivity contribution in [2.24, 2.45) is 0 Å². The normalized spacial score (nSPS) is 19.9. The number of hydrogen-bond acceptors (Lipinski definition) is 6. The third-order valence-corrected chi connectivity index (χ3v) is 5.69. The van der Waals surface area contributed by atoms with Gasteiger partial charge in [-0.25, -0.2) is 9.78 Å². The molecule has 10 heteroatoms. The van der Waals surface area contributed by atoms with E-state index in [1.807, 2.05) is 31.5 Å². The molecule has 0 bridgehead atoms. The minimum absolute atomic E-state index is 0.0718. The summed E-state index contributed by atoms with van der Waals surface area (Å²) in [5.41, 5.74) is 0.841. The number of aryl methyl sites for hydroxylation is 1. The molecule has 1 atom stereocenters. The molecule has 3 amide bonds. The van der Waals surface area contributed by atoms with Gasteiger partial charge in [-0.2, -0.15) is 0 Å². The fraction of sp³-hybridized carbons (Fsp3) is 0.571. The minimum atomic E-state index is -0.679. The number of carbonyl (C=O) groups excluding carboxylic acids is 2. The van der Waals surface area contributed by atoms with Crippen LogP contribution in [-0.2, 0) is 28.2 Å². The van der Waals surface area contributed by atoms with Gasteiger partial charge in [-0.05, 0) is 20.8 Å². The number of urea groups is 1. The first-order valence-corrected chi connectivity index (χ1v) is 10.7. The highest BCUT2D eigenvalue weighted by Gasteiger charge is 2.47. The van der Waals surface area contributed by atoms with Crippen molar-refractivity contribution >= 4 is 11.9 Å². The van der Waals surface area contributed by atoms with Gasteiger partial charge < -0.3 is 24.8 Å². The Morgan fingerprint density at radius 1 is 1.23 bits per heavy atom. The van der Waals surface area contributed by atoms with Crippen LogP contribution >= 0.6 is 0 Å². The molecule has 0 aromatic carbocycles. The molecule has 2 N–H and O–H groups in total. The molecule has 166 valence electrons. The number of hydrogen-bond donors (Lipinski definition) is 2. The van der Waals surface area contributed by atoms with Crippen molar-refractivity contribution in [3.63, 3.8) is 0 Å². The number of ether oxygens (including phenoxy) is 1. The lowest BCUT2D eigenvalue weighted by Crippen LogP contribution is -2.56. The van der Waals surface area contributed by atoms with E-state index in [0.29, 0.717) is 44.7 Å². The number of imidazole rings is 1. The number of fused-ring (bicyclic) bond motifs is 2. The van der Waals surface area contributed by atoms with Gasteiger partial charge in [0.2, 0.25) is 0 Å². The van der Waals surface area contributed by atoms with Crippen LogP contribution in [0, 0.1) is 6.92 Å². The van der Waals surface area contributed by atoms with E-state index in [2.05, 4.69) is 25.6 Å². The quantitative estimate of drug-likeness (QED) is 0.755. The van der Waals surface area contributed by atoms with Crippen molar-refractivity contribution in [1.29, 1.82) is 0 Å². The van der Waals surface area contributed by atoms with E-state index in [1.54, 1.807) is 23.5 Å². The smallest absolute Gasteiger partial charge is 0.317 e. The van der Waals surface area contributed by atoms with Gasteiger partial charge in [0.15, 0.2) is 6.10 Å². The first-order valence-electron chi connectivity index (χ1n) is 10.7. The van der Waals surface area contributed by atoms with Crippen LogP contribution < -0.4 is 10.6 Å². The first-order chi connectivity index (χ1) is 14.9. The molecule has 4 rings (SSSR count). The van der Waals surface area contributed by atoms with Gasteiger partial charge >= 0.3 is 6.03 Å². The van der Waals surface area contributed by atoms with E-state index in [4.69, 9.17) is 4.74 Å². The second-order valence-corrected chi connectivity index (χ2v) is 8.46. The van der Waals surface area contributed by atoms with Crippen molar-refractivity contribution in [2.75, 3.05) is 13.1 Å². The highest BCUT2D eigenvalue weighted by atomic mass is 16.5. The van der Waals surface area contributed by atoms with Crippen LogP contribution in [0.4, 0.5) is 4.79 Å². The molecule has 0 unspecified atom stereocenters. The maximum atomic E-state index is 12.9. The highest BCUT2D eigenvalue weighted by molar-refractivity contribution is 5.81. The highest BCUT2D eigenvalue weighted by Crippen LogP contribution is 2.40. The molecule has 31 heavy (non-hydrogen) atoms. The van der Waals surface area contributed by atoms with Gasteiger partial charge in [0.1, 0.15) is 11.4 Å². The summed E-state index contributed by atoms with van der Waals surface area (Å²) in [6, 6.07) is 0.0111. The maximum Gasteiger partial charge on any atom is 0.317 e. The maximum absolute atomic E-state index is 12.9. The Bertz CT molecular complexity index is 933. The Hall–Kier alpha value is -3.01. The molecule has 2 aliphatic heterocycles. The molecule has 1 fully saturated rings. The van der Waals surface area contributed by atoms with Gasteiger partial charge in [0.05, 0.1) is 30.7 Å². The summed E-state index contributed by atoms with van der Waals surface area (Å²) in [5.74, 6) is 0.631. The van der Waals surface area contributed by atoms with Gasteiger partial charge in [-0.3, -0.25) is 14.8 Å². The van der Waals surface area contributed by atoms with Gasteiger partial charge in [-0.1, -0.05) is 0 Å². The monoisotopic (exact) mass is 427 g/mol. The van der Waals surface area contributed by atoms with E-state index in [0.717, 1.165) is 11.5 Å². The first kappa shape index (κ1) is 21.2. The Morgan fingerprint density at radius 2 is 2.00 bits per heavy atom. The Kier molecular flexibility index (Phi) is 5.90. The Labute approximate surface area is 181 Å². The van der Waals surface area contributed by atoms with Crippen LogP contribution in [-0.4, -0.2) is 61.6 Å². The molecule has 0 aliphatic carbocycles. The molecule has 4 heterocycles. The van der Waals surface area contributed by atoms with E-state index >= 15 is 0 Å². The summed E-state index contributed by atoms with van der Waals surface area (Å²) in [6.07, 6.45) is 7.48. The fourth-order valence-corrected chi connectivity index (χ4v) is 4.09. The van der Waals surface area contributed by atoms with E-state index in [1.165, 1.54) is 0 Å². The Balaban J connectivity index is 1.43. The largest absolute Gasteiger partial charge is 0.352 e. The van der Waals surface area contributed by atoms with Gasteiger partial charge in [-0.15, -0.1) is 0 Å². The minimum Gasteiger partial charge on any atom is -0.352 e. The lowest BCUT2D eigenvalue weighted by molar-refractivity contribution is -0.172. The van der Waals surface area contributed by atoms with Crippen LogP contribution in [0.1, 0.15) is 43.9 Å². The van der Waals surface area contributed by atoms with Gasteiger partial charge in [0, 0.05) is 50.6 Å². The molecular formula is C21H29N7O3. The summed E-state index contributed by atoms with van der Waals surface area (Å²) in [6.45, 7) is 7.52. The Morgan fingerprint density at radius 3 is 2.68 bits per heavy atom. The molecule has 2 aromatic heterocycles. The zero-order chi connectivity index (χ0) is 22.0. The number of piperidine rings is 1. The van der Waals surface area contributed by atoms with Crippen molar-refractivity contribution in [2.45, 2.75) is 64.4 Å². The third kappa shape index (κ3) is 4.53. The van der Waals surface area contributed by atoms with Crippen molar-refractivity contribution in [3.05, 3.63) is 42.0 Å². The predicted octanol–water partition coefficient (Wildman–Crippen LogP) is 1.11. The molecular weight excluding hydrogens is 398 g/mol. The number of aromatic nitrogens is 4. The third-order valence-electron chi connectivity index (χ3n) is 5.69.